The molecular formula is C12H7BrN2OS. The molecule has 1 N–H and O–H groups in total. The SMILES string of the molecule is Oc1cnccc1-c1nc2cc(Br)ccc2s1. The van der Waals surface area contributed by atoms with Crippen LogP contribution in [0.4, 0.5) is 0 Å². The molecule has 2 aromatic heterocycles. The van der Waals surface area contributed by atoms with Crippen molar-refractivity contribution in [1.82, 2.24) is 9.97 Å². The van der Waals surface area contributed by atoms with E-state index in [1.54, 1.807) is 23.6 Å². The van der Waals surface area contributed by atoms with E-state index in [1.165, 1.54) is 6.20 Å². The molecule has 0 saturated heterocycles. The second-order valence-electron chi connectivity index (χ2n) is 3.52. The second-order valence-corrected chi connectivity index (χ2v) is 5.47. The van der Waals surface area contributed by atoms with Crippen LogP contribution in [-0.2, 0) is 0 Å². The van der Waals surface area contributed by atoms with Gasteiger partial charge in [0.15, 0.2) is 0 Å². The summed E-state index contributed by atoms with van der Waals surface area (Å²) in [6.07, 6.45) is 3.08. The smallest absolute Gasteiger partial charge is 0.144 e. The molecule has 0 aliphatic carbocycles. The fourth-order valence-corrected chi connectivity index (χ4v) is 2.91. The van der Waals surface area contributed by atoms with Crippen LogP contribution in [0.1, 0.15) is 0 Å². The molecule has 0 unspecified atom stereocenters. The highest BCUT2D eigenvalue weighted by Gasteiger charge is 2.09. The Labute approximate surface area is 110 Å². The first-order valence-corrected chi connectivity index (χ1v) is 6.54. The number of halogens is 1. The molecule has 0 atom stereocenters. The number of thiazole rings is 1. The van der Waals surface area contributed by atoms with E-state index in [-0.39, 0.29) is 5.75 Å². The topological polar surface area (TPSA) is 46.0 Å². The first-order valence-electron chi connectivity index (χ1n) is 4.93. The number of aromatic hydroxyl groups is 1. The fourth-order valence-electron chi connectivity index (χ4n) is 1.58. The summed E-state index contributed by atoms with van der Waals surface area (Å²) < 4.78 is 2.10. The molecule has 2 heterocycles. The summed E-state index contributed by atoms with van der Waals surface area (Å²) in [6.45, 7) is 0. The predicted molar refractivity (Wildman–Crippen MR) is 72.2 cm³/mol. The number of nitrogens with zero attached hydrogens (tertiary/aromatic N) is 2. The van der Waals surface area contributed by atoms with Crippen LogP contribution >= 0.6 is 27.3 Å². The van der Waals surface area contributed by atoms with Crippen LogP contribution in [0.25, 0.3) is 20.8 Å². The summed E-state index contributed by atoms with van der Waals surface area (Å²) in [4.78, 5) is 8.36. The van der Waals surface area contributed by atoms with Gasteiger partial charge in [0.05, 0.1) is 22.0 Å². The van der Waals surface area contributed by atoms with Crippen molar-refractivity contribution < 1.29 is 5.11 Å². The Kier molecular flexibility index (Phi) is 2.57. The molecule has 3 rings (SSSR count). The molecule has 1 aromatic carbocycles. The zero-order valence-electron chi connectivity index (χ0n) is 8.59. The Morgan fingerprint density at radius 2 is 2.12 bits per heavy atom. The number of benzene rings is 1. The first-order chi connectivity index (χ1) is 8.24. The summed E-state index contributed by atoms with van der Waals surface area (Å²) in [6, 6.07) is 7.73. The quantitative estimate of drug-likeness (QED) is 0.743. The van der Waals surface area contributed by atoms with E-state index in [2.05, 4.69) is 25.9 Å². The van der Waals surface area contributed by atoms with Crippen LogP contribution < -0.4 is 0 Å². The normalized spacial score (nSPS) is 10.9. The lowest BCUT2D eigenvalue weighted by Gasteiger charge is -1.97. The Morgan fingerprint density at radius 3 is 2.94 bits per heavy atom. The first kappa shape index (κ1) is 10.7. The maximum Gasteiger partial charge on any atom is 0.144 e. The van der Waals surface area contributed by atoms with Crippen LogP contribution in [0.5, 0.6) is 5.75 Å². The molecule has 5 heteroatoms. The molecule has 3 aromatic rings. The largest absolute Gasteiger partial charge is 0.506 e. The van der Waals surface area contributed by atoms with E-state index >= 15 is 0 Å². The minimum absolute atomic E-state index is 0.158. The Balaban J connectivity index is 2.22. The van der Waals surface area contributed by atoms with Gasteiger partial charge < -0.3 is 5.11 Å². The lowest BCUT2D eigenvalue weighted by Crippen LogP contribution is -1.78. The van der Waals surface area contributed by atoms with Gasteiger partial charge in [0.1, 0.15) is 10.8 Å². The average Bonchev–Trinajstić information content (AvgIpc) is 2.72. The molecule has 0 fully saturated rings. The van der Waals surface area contributed by atoms with Gasteiger partial charge in [0.25, 0.3) is 0 Å². The van der Waals surface area contributed by atoms with E-state index in [0.717, 1.165) is 25.3 Å². The highest BCUT2D eigenvalue weighted by Crippen LogP contribution is 2.35. The number of fused-ring (bicyclic) bond motifs is 1. The van der Waals surface area contributed by atoms with Crippen LogP contribution in [0.15, 0.2) is 41.1 Å². The third-order valence-electron chi connectivity index (χ3n) is 2.38. The number of aromatic nitrogens is 2. The molecule has 0 amide bonds. The molecule has 0 aliphatic heterocycles. The Morgan fingerprint density at radius 1 is 1.24 bits per heavy atom. The van der Waals surface area contributed by atoms with E-state index in [1.807, 2.05) is 18.2 Å². The molecular weight excluding hydrogens is 300 g/mol. The van der Waals surface area contributed by atoms with Gasteiger partial charge in [0.2, 0.25) is 0 Å². The van der Waals surface area contributed by atoms with Gasteiger partial charge in [-0.2, -0.15) is 0 Å². The lowest BCUT2D eigenvalue weighted by atomic mass is 10.2. The van der Waals surface area contributed by atoms with Crippen molar-refractivity contribution in [2.24, 2.45) is 0 Å². The van der Waals surface area contributed by atoms with Gasteiger partial charge in [-0.1, -0.05) is 15.9 Å². The third-order valence-corrected chi connectivity index (χ3v) is 3.94. The minimum Gasteiger partial charge on any atom is -0.506 e. The van der Waals surface area contributed by atoms with Crippen molar-refractivity contribution in [3.05, 3.63) is 41.1 Å². The number of rotatable bonds is 1. The lowest BCUT2D eigenvalue weighted by molar-refractivity contribution is 0.474. The number of pyridine rings is 1. The van der Waals surface area contributed by atoms with Gasteiger partial charge in [-0.3, -0.25) is 4.98 Å². The van der Waals surface area contributed by atoms with Crippen molar-refractivity contribution >= 4 is 37.5 Å². The molecule has 84 valence electrons. The number of hydrogen-bond donors (Lipinski definition) is 1. The van der Waals surface area contributed by atoms with Gasteiger partial charge in [-0.25, -0.2) is 4.98 Å². The summed E-state index contributed by atoms with van der Waals surface area (Å²) in [5.41, 5.74) is 1.65. The molecule has 3 nitrogen and oxygen atoms in total. The van der Waals surface area contributed by atoms with E-state index in [4.69, 9.17) is 0 Å². The van der Waals surface area contributed by atoms with Gasteiger partial charge in [-0.15, -0.1) is 11.3 Å². The van der Waals surface area contributed by atoms with Gasteiger partial charge >= 0.3 is 0 Å². The van der Waals surface area contributed by atoms with Gasteiger partial charge in [0, 0.05) is 10.7 Å². The fraction of sp³-hybridized carbons (Fsp3) is 0. The van der Waals surface area contributed by atoms with Crippen molar-refractivity contribution in [2.45, 2.75) is 0 Å². The maximum atomic E-state index is 9.74. The highest BCUT2D eigenvalue weighted by molar-refractivity contribution is 9.10. The molecule has 17 heavy (non-hydrogen) atoms. The van der Waals surface area contributed by atoms with Crippen LogP contribution in [0.2, 0.25) is 0 Å². The Hall–Kier alpha value is -1.46. The predicted octanol–water partition coefficient (Wildman–Crippen LogP) is 3.83. The van der Waals surface area contributed by atoms with E-state index in [9.17, 15) is 5.11 Å². The van der Waals surface area contributed by atoms with E-state index < -0.39 is 0 Å². The van der Waals surface area contributed by atoms with Crippen molar-refractivity contribution in [2.75, 3.05) is 0 Å². The second kappa shape index (κ2) is 4.09. The summed E-state index contributed by atoms with van der Waals surface area (Å²) >= 11 is 4.97. The average molecular weight is 307 g/mol. The zero-order valence-corrected chi connectivity index (χ0v) is 11.0. The van der Waals surface area contributed by atoms with Crippen LogP contribution in [0, 0.1) is 0 Å². The summed E-state index contributed by atoms with van der Waals surface area (Å²) in [5.74, 6) is 0.158. The third kappa shape index (κ3) is 1.92. The van der Waals surface area contributed by atoms with Crippen molar-refractivity contribution in [3.63, 3.8) is 0 Å². The van der Waals surface area contributed by atoms with Crippen LogP contribution in [-0.4, -0.2) is 15.1 Å². The van der Waals surface area contributed by atoms with Crippen molar-refractivity contribution in [3.8, 4) is 16.3 Å². The molecule has 0 saturated carbocycles. The molecule has 0 bridgehead atoms. The minimum atomic E-state index is 0.158. The van der Waals surface area contributed by atoms with Crippen molar-refractivity contribution in [1.29, 1.82) is 0 Å². The zero-order chi connectivity index (χ0) is 11.8. The van der Waals surface area contributed by atoms with Gasteiger partial charge in [-0.05, 0) is 24.3 Å². The summed E-state index contributed by atoms with van der Waals surface area (Å²) in [7, 11) is 0. The molecule has 0 aliphatic rings. The molecule has 0 spiro atoms. The molecule has 0 radical (unpaired) electrons. The highest BCUT2D eigenvalue weighted by atomic mass is 79.9. The Bertz CT molecular complexity index is 696. The number of hydrogen-bond acceptors (Lipinski definition) is 4. The van der Waals surface area contributed by atoms with E-state index in [0.29, 0.717) is 0 Å². The standard InChI is InChI=1S/C12H7BrN2OS/c13-7-1-2-11-9(5-7)15-12(17-11)8-3-4-14-6-10(8)16/h1-6,16H. The summed E-state index contributed by atoms with van der Waals surface area (Å²) in [5, 5.41) is 10.5. The maximum absolute atomic E-state index is 9.74. The van der Waals surface area contributed by atoms with Crippen LogP contribution in [0.3, 0.4) is 0 Å². The monoisotopic (exact) mass is 306 g/mol.